The molecule has 0 amide bonds. The third-order valence-corrected chi connectivity index (χ3v) is 2.60. The summed E-state index contributed by atoms with van der Waals surface area (Å²) >= 11 is 0. The number of rotatable bonds is 3. The number of hydrogen-bond acceptors (Lipinski definition) is 2. The van der Waals surface area contributed by atoms with Crippen molar-refractivity contribution in [2.45, 2.75) is 19.4 Å². The second-order valence-corrected chi connectivity index (χ2v) is 3.85. The molecule has 1 aromatic rings. The molecule has 0 bridgehead atoms. The van der Waals surface area contributed by atoms with Crippen molar-refractivity contribution < 1.29 is 5.11 Å². The van der Waals surface area contributed by atoms with Gasteiger partial charge in [-0.25, -0.2) is 0 Å². The predicted octanol–water partition coefficient (Wildman–Crippen LogP) is 0.827. The molecule has 1 atom stereocenters. The first kappa shape index (κ1) is 10.3. The van der Waals surface area contributed by atoms with E-state index in [2.05, 4.69) is 0 Å². The van der Waals surface area contributed by atoms with Crippen LogP contribution >= 0.6 is 0 Å². The molecule has 3 heteroatoms. The third kappa shape index (κ3) is 1.76. The summed E-state index contributed by atoms with van der Waals surface area (Å²) in [4.78, 5) is 0. The molecule has 1 aromatic heterocycles. The van der Waals surface area contributed by atoms with Crippen LogP contribution in [-0.2, 0) is 12.6 Å². The number of aryl methyl sites for hydroxylation is 1. The lowest BCUT2D eigenvalue weighted by molar-refractivity contribution is -0.00112. The van der Waals surface area contributed by atoms with Crippen LogP contribution in [-0.4, -0.2) is 16.2 Å². The first-order chi connectivity index (χ1) is 6.00. The SMILES string of the molecule is CC(C)C(O)(CN)c1ccn(C)c1. The molecule has 0 saturated carbocycles. The molecule has 13 heavy (non-hydrogen) atoms. The third-order valence-electron chi connectivity index (χ3n) is 2.60. The molecule has 0 aliphatic carbocycles. The molecular weight excluding hydrogens is 164 g/mol. The van der Waals surface area contributed by atoms with Crippen LogP contribution < -0.4 is 5.73 Å². The smallest absolute Gasteiger partial charge is 0.105 e. The molecule has 3 N–H and O–H groups in total. The van der Waals surface area contributed by atoms with Gasteiger partial charge in [-0.15, -0.1) is 0 Å². The molecule has 0 radical (unpaired) electrons. The summed E-state index contributed by atoms with van der Waals surface area (Å²) in [7, 11) is 1.93. The molecule has 0 fully saturated rings. The topological polar surface area (TPSA) is 51.2 Å². The molecule has 74 valence electrons. The molecule has 1 rings (SSSR count). The molecule has 0 aromatic carbocycles. The van der Waals surface area contributed by atoms with Crippen molar-refractivity contribution in [3.63, 3.8) is 0 Å². The van der Waals surface area contributed by atoms with E-state index in [4.69, 9.17) is 5.73 Å². The van der Waals surface area contributed by atoms with Crippen molar-refractivity contribution in [2.75, 3.05) is 6.54 Å². The highest BCUT2D eigenvalue weighted by atomic mass is 16.3. The van der Waals surface area contributed by atoms with Crippen LogP contribution in [0.1, 0.15) is 19.4 Å². The van der Waals surface area contributed by atoms with E-state index in [0.29, 0.717) is 0 Å². The lowest BCUT2D eigenvalue weighted by Gasteiger charge is -2.30. The maximum Gasteiger partial charge on any atom is 0.105 e. The van der Waals surface area contributed by atoms with Crippen molar-refractivity contribution in [2.24, 2.45) is 18.7 Å². The second-order valence-electron chi connectivity index (χ2n) is 3.85. The van der Waals surface area contributed by atoms with Gasteiger partial charge in [-0.3, -0.25) is 0 Å². The van der Waals surface area contributed by atoms with Crippen LogP contribution in [0.4, 0.5) is 0 Å². The van der Waals surface area contributed by atoms with Gasteiger partial charge in [-0.2, -0.15) is 0 Å². The molecule has 0 saturated heterocycles. The van der Waals surface area contributed by atoms with Gasteiger partial charge in [0.05, 0.1) is 0 Å². The van der Waals surface area contributed by atoms with E-state index in [9.17, 15) is 5.11 Å². The van der Waals surface area contributed by atoms with Gasteiger partial charge in [-0.1, -0.05) is 13.8 Å². The van der Waals surface area contributed by atoms with E-state index >= 15 is 0 Å². The van der Waals surface area contributed by atoms with Crippen LogP contribution in [0.5, 0.6) is 0 Å². The van der Waals surface area contributed by atoms with Gasteiger partial charge < -0.3 is 15.4 Å². The summed E-state index contributed by atoms with van der Waals surface area (Å²) < 4.78 is 1.92. The average Bonchev–Trinajstić information content (AvgIpc) is 2.50. The fourth-order valence-electron chi connectivity index (χ4n) is 1.45. The number of nitrogens with two attached hydrogens (primary N) is 1. The van der Waals surface area contributed by atoms with Crippen molar-refractivity contribution in [1.29, 1.82) is 0 Å². The number of hydrogen-bond donors (Lipinski definition) is 2. The Balaban J connectivity index is 3.02. The maximum atomic E-state index is 10.2. The zero-order valence-electron chi connectivity index (χ0n) is 8.49. The molecule has 3 nitrogen and oxygen atoms in total. The first-order valence-electron chi connectivity index (χ1n) is 4.55. The standard InChI is InChI=1S/C10H18N2O/c1-8(2)10(13,7-11)9-4-5-12(3)6-9/h4-6,8,13H,7,11H2,1-3H3. The Labute approximate surface area is 79.2 Å². The van der Waals surface area contributed by atoms with Gasteiger partial charge in [0.15, 0.2) is 0 Å². The average molecular weight is 182 g/mol. The number of aliphatic hydroxyl groups is 1. The summed E-state index contributed by atoms with van der Waals surface area (Å²) in [5.74, 6) is 0.125. The van der Waals surface area contributed by atoms with Crippen molar-refractivity contribution in [3.05, 3.63) is 24.0 Å². The zero-order valence-corrected chi connectivity index (χ0v) is 8.49. The lowest BCUT2D eigenvalue weighted by Crippen LogP contribution is -2.39. The van der Waals surface area contributed by atoms with Gasteiger partial charge in [0.25, 0.3) is 0 Å². The lowest BCUT2D eigenvalue weighted by atomic mass is 9.85. The van der Waals surface area contributed by atoms with Crippen LogP contribution in [0.3, 0.4) is 0 Å². The van der Waals surface area contributed by atoms with Crippen LogP contribution in [0.2, 0.25) is 0 Å². The Kier molecular flexibility index (Phi) is 2.78. The first-order valence-corrected chi connectivity index (χ1v) is 4.55. The predicted molar refractivity (Wildman–Crippen MR) is 53.2 cm³/mol. The Morgan fingerprint density at radius 1 is 1.62 bits per heavy atom. The monoisotopic (exact) mass is 182 g/mol. The van der Waals surface area contributed by atoms with Gasteiger partial charge in [0.1, 0.15) is 5.60 Å². The summed E-state index contributed by atoms with van der Waals surface area (Å²) in [5, 5.41) is 10.2. The molecule has 1 unspecified atom stereocenters. The summed E-state index contributed by atoms with van der Waals surface area (Å²) in [6, 6.07) is 1.91. The Morgan fingerprint density at radius 3 is 2.54 bits per heavy atom. The van der Waals surface area contributed by atoms with E-state index in [1.807, 2.05) is 43.9 Å². The van der Waals surface area contributed by atoms with Crippen molar-refractivity contribution in [1.82, 2.24) is 4.57 Å². The van der Waals surface area contributed by atoms with Gasteiger partial charge >= 0.3 is 0 Å². The minimum absolute atomic E-state index is 0.125. The Hall–Kier alpha value is -0.800. The fourth-order valence-corrected chi connectivity index (χ4v) is 1.45. The highest BCUT2D eigenvalue weighted by Gasteiger charge is 2.31. The summed E-state index contributed by atoms with van der Waals surface area (Å²) in [6.07, 6.45) is 3.82. The highest BCUT2D eigenvalue weighted by molar-refractivity contribution is 5.20. The summed E-state index contributed by atoms with van der Waals surface area (Å²) in [6.45, 7) is 4.20. The fraction of sp³-hybridized carbons (Fsp3) is 0.600. The molecule has 0 aliphatic rings. The highest BCUT2D eigenvalue weighted by Crippen LogP contribution is 2.28. The van der Waals surface area contributed by atoms with Gasteiger partial charge in [0, 0.05) is 31.5 Å². The Morgan fingerprint density at radius 2 is 2.23 bits per heavy atom. The van der Waals surface area contributed by atoms with E-state index in [-0.39, 0.29) is 12.5 Å². The van der Waals surface area contributed by atoms with E-state index in [1.165, 1.54) is 0 Å². The van der Waals surface area contributed by atoms with Crippen molar-refractivity contribution >= 4 is 0 Å². The largest absolute Gasteiger partial charge is 0.384 e. The van der Waals surface area contributed by atoms with E-state index < -0.39 is 5.60 Å². The van der Waals surface area contributed by atoms with E-state index in [1.54, 1.807) is 0 Å². The quantitative estimate of drug-likeness (QED) is 0.727. The minimum Gasteiger partial charge on any atom is -0.384 e. The maximum absolute atomic E-state index is 10.2. The van der Waals surface area contributed by atoms with Crippen LogP contribution in [0, 0.1) is 5.92 Å². The second kappa shape index (κ2) is 3.52. The summed E-state index contributed by atoms with van der Waals surface area (Å²) in [5.41, 5.74) is 5.60. The minimum atomic E-state index is -0.888. The number of nitrogens with zero attached hydrogens (tertiary/aromatic N) is 1. The molecule has 0 aliphatic heterocycles. The normalized spacial score (nSPS) is 16.2. The van der Waals surface area contributed by atoms with Crippen LogP contribution in [0.15, 0.2) is 18.5 Å². The van der Waals surface area contributed by atoms with Crippen molar-refractivity contribution in [3.8, 4) is 0 Å². The van der Waals surface area contributed by atoms with E-state index in [0.717, 1.165) is 5.56 Å². The zero-order chi connectivity index (χ0) is 10.1. The van der Waals surface area contributed by atoms with Gasteiger partial charge in [-0.05, 0) is 12.0 Å². The Bertz CT molecular complexity index is 280. The van der Waals surface area contributed by atoms with Gasteiger partial charge in [0.2, 0.25) is 0 Å². The number of aromatic nitrogens is 1. The molecule has 0 spiro atoms. The molecule has 1 heterocycles. The van der Waals surface area contributed by atoms with Crippen LogP contribution in [0.25, 0.3) is 0 Å². The molecular formula is C10H18N2O.